The molecular weight excluding hydrogens is 1010 g/mol. The van der Waals surface area contributed by atoms with Crippen molar-refractivity contribution < 1.29 is 96.6 Å². The predicted octanol–water partition coefficient (Wildman–Crippen LogP) is 6.09. The molecule has 4 aromatic rings. The molecule has 22 nitrogen and oxygen atoms in total. The van der Waals surface area contributed by atoms with E-state index in [4.69, 9.17) is 87.0 Å². The van der Waals surface area contributed by atoms with Gasteiger partial charge in [0.05, 0.1) is 82.9 Å². The summed E-state index contributed by atoms with van der Waals surface area (Å²) in [5.41, 5.74) is 6.86. The topological polar surface area (TPSA) is 282 Å². The second-order valence-corrected chi connectivity index (χ2v) is 17.4. The lowest BCUT2D eigenvalue weighted by molar-refractivity contribution is -0.159. The molecule has 0 amide bonds. The van der Waals surface area contributed by atoms with Crippen molar-refractivity contribution in [2.24, 2.45) is 0 Å². The molecule has 0 aliphatic carbocycles. The van der Waals surface area contributed by atoms with Crippen molar-refractivity contribution in [3.8, 4) is 46.0 Å². The number of carbonyl (C=O) groups is 6. The summed E-state index contributed by atoms with van der Waals surface area (Å²) >= 11 is 0. The Morgan fingerprint density at radius 1 is 0.429 bits per heavy atom. The lowest BCUT2D eigenvalue weighted by Crippen LogP contribution is -2.38. The van der Waals surface area contributed by atoms with E-state index in [1.165, 1.54) is 11.1 Å². The Bertz CT molecular complexity index is 2440. The third-order valence-electron chi connectivity index (χ3n) is 12.9. The summed E-state index contributed by atoms with van der Waals surface area (Å²) in [4.78, 5) is 67.1. The standard InChI is InChI=1S/C51H66N2O12.2C2H2O4/c1-56-42-14-12-34(28-44(42)58-3)26-40-38-32-48(62-7)46(60-5)30-36(38)16-20-52(40)22-18-50(54)64-24-10-9-11-25-65-51(55)19-23-53-21-17-37-31-47(61-6)49(63-8)33-39(37)41(53)27-35-13-15-43(57-2)45(29-35)59-4;2*3-1(4)2(5)6/h12-15,28-33,40-41H,9-11,16-27H2,1-8H3;2*(H,3,4)(H,5,6)/t40-,41-;;/m1../s1. The zero-order valence-corrected chi connectivity index (χ0v) is 44.8. The molecule has 0 unspecified atom stereocenters. The molecule has 0 fully saturated rings. The summed E-state index contributed by atoms with van der Waals surface area (Å²) in [5, 5.41) is 29.6. The second-order valence-electron chi connectivity index (χ2n) is 17.4. The van der Waals surface area contributed by atoms with Crippen LogP contribution in [0.1, 0.15) is 77.6 Å². The molecule has 2 aliphatic rings. The number of fused-ring (bicyclic) bond motifs is 2. The van der Waals surface area contributed by atoms with Gasteiger partial charge in [0.2, 0.25) is 0 Å². The van der Waals surface area contributed by atoms with Crippen molar-refractivity contribution in [2.75, 3.05) is 96.3 Å². The Morgan fingerprint density at radius 2 is 0.740 bits per heavy atom. The van der Waals surface area contributed by atoms with E-state index in [1.807, 2.05) is 36.4 Å². The Hall–Kier alpha value is -7.98. The molecule has 22 heteroatoms. The zero-order chi connectivity index (χ0) is 56.6. The van der Waals surface area contributed by atoms with Gasteiger partial charge in [0.15, 0.2) is 46.0 Å². The fraction of sp³-hybridized carbons (Fsp3) is 0.455. The number of ether oxygens (including phenoxy) is 10. The Kier molecular flexibility index (Phi) is 24.9. The van der Waals surface area contributed by atoms with E-state index < -0.39 is 23.9 Å². The number of hydrogen-bond acceptors (Lipinski definition) is 18. The van der Waals surface area contributed by atoms with Crippen LogP contribution in [0.15, 0.2) is 60.7 Å². The molecule has 0 bridgehead atoms. The van der Waals surface area contributed by atoms with Gasteiger partial charge in [0, 0.05) is 38.3 Å². The first-order valence-corrected chi connectivity index (χ1v) is 24.6. The van der Waals surface area contributed by atoms with Gasteiger partial charge in [-0.3, -0.25) is 19.4 Å². The summed E-state index contributed by atoms with van der Waals surface area (Å²) < 4.78 is 56.1. The van der Waals surface area contributed by atoms with Crippen LogP contribution in [0.25, 0.3) is 0 Å². The monoisotopic (exact) mass is 1080 g/mol. The molecule has 0 radical (unpaired) electrons. The number of carboxylic acids is 4. The quantitative estimate of drug-likeness (QED) is 0.0351. The number of aliphatic carboxylic acids is 4. The van der Waals surface area contributed by atoms with Crippen LogP contribution < -0.4 is 37.9 Å². The summed E-state index contributed by atoms with van der Waals surface area (Å²) in [6.07, 6.45) is 5.69. The van der Waals surface area contributed by atoms with Crippen LogP contribution in [-0.2, 0) is 63.9 Å². The first kappa shape index (κ1) is 61.6. The highest BCUT2D eigenvalue weighted by Crippen LogP contribution is 2.42. The number of rotatable bonds is 24. The van der Waals surface area contributed by atoms with Crippen LogP contribution in [0, 0.1) is 0 Å². The number of unbranched alkanes of at least 4 members (excludes halogenated alkanes) is 2. The molecule has 4 aromatic carbocycles. The minimum Gasteiger partial charge on any atom is -0.493 e. The fourth-order valence-electron chi connectivity index (χ4n) is 9.00. The van der Waals surface area contributed by atoms with Crippen molar-refractivity contribution >= 4 is 35.8 Å². The summed E-state index contributed by atoms with van der Waals surface area (Å²) in [5.74, 6) is -2.34. The van der Waals surface area contributed by atoms with E-state index in [9.17, 15) is 9.59 Å². The molecule has 2 atom stereocenters. The van der Waals surface area contributed by atoms with E-state index >= 15 is 0 Å². The van der Waals surface area contributed by atoms with Crippen LogP contribution in [0.3, 0.4) is 0 Å². The highest BCUT2D eigenvalue weighted by atomic mass is 16.5. The highest BCUT2D eigenvalue weighted by molar-refractivity contribution is 6.27. The molecular formula is C55H70N2O20. The third kappa shape index (κ3) is 18.1. The summed E-state index contributed by atoms with van der Waals surface area (Å²) in [7, 11) is 13.1. The van der Waals surface area contributed by atoms with Gasteiger partial charge < -0.3 is 67.8 Å². The molecule has 6 rings (SSSR count). The van der Waals surface area contributed by atoms with E-state index in [0.29, 0.717) is 98.0 Å². The molecule has 420 valence electrons. The van der Waals surface area contributed by atoms with Gasteiger partial charge >= 0.3 is 35.8 Å². The first-order valence-electron chi connectivity index (χ1n) is 24.6. The summed E-state index contributed by atoms with van der Waals surface area (Å²) in [6.45, 7) is 3.29. The maximum Gasteiger partial charge on any atom is 0.414 e. The average Bonchev–Trinajstić information content (AvgIpc) is 3.43. The molecule has 2 heterocycles. The van der Waals surface area contributed by atoms with Crippen LogP contribution in [0.5, 0.6) is 46.0 Å². The molecule has 0 aromatic heterocycles. The van der Waals surface area contributed by atoms with Crippen LogP contribution in [-0.4, -0.2) is 162 Å². The number of carbonyl (C=O) groups excluding carboxylic acids is 2. The van der Waals surface area contributed by atoms with Gasteiger partial charge in [-0.25, -0.2) is 19.2 Å². The lowest BCUT2D eigenvalue weighted by Gasteiger charge is -2.38. The van der Waals surface area contributed by atoms with Gasteiger partial charge in [0.1, 0.15) is 0 Å². The molecule has 77 heavy (non-hydrogen) atoms. The molecule has 0 saturated carbocycles. The van der Waals surface area contributed by atoms with Crippen molar-refractivity contribution in [2.45, 2.75) is 69.9 Å². The average molecular weight is 1080 g/mol. The maximum absolute atomic E-state index is 13.0. The van der Waals surface area contributed by atoms with Crippen molar-refractivity contribution in [3.63, 3.8) is 0 Å². The van der Waals surface area contributed by atoms with E-state index in [-0.39, 0.29) is 36.9 Å². The lowest BCUT2D eigenvalue weighted by atomic mass is 9.88. The van der Waals surface area contributed by atoms with Gasteiger partial charge in [-0.1, -0.05) is 12.1 Å². The number of methoxy groups -OCH3 is 8. The minimum atomic E-state index is -1.82. The largest absolute Gasteiger partial charge is 0.493 e. The van der Waals surface area contributed by atoms with Crippen LogP contribution in [0.2, 0.25) is 0 Å². The molecule has 2 aliphatic heterocycles. The normalized spacial score (nSPS) is 14.5. The first-order chi connectivity index (χ1) is 36.9. The molecule has 0 spiro atoms. The van der Waals surface area contributed by atoms with Gasteiger partial charge in [-0.2, -0.15) is 0 Å². The van der Waals surface area contributed by atoms with E-state index in [2.05, 4.69) is 34.1 Å². The summed E-state index contributed by atoms with van der Waals surface area (Å²) in [6, 6.07) is 20.2. The Balaban J connectivity index is 0.000000956. The van der Waals surface area contributed by atoms with Crippen LogP contribution in [0.4, 0.5) is 0 Å². The smallest absolute Gasteiger partial charge is 0.414 e. The number of hydrogen-bond donors (Lipinski definition) is 4. The maximum atomic E-state index is 13.0. The number of benzene rings is 4. The highest BCUT2D eigenvalue weighted by Gasteiger charge is 2.32. The van der Waals surface area contributed by atoms with Crippen molar-refractivity contribution in [1.29, 1.82) is 0 Å². The second kappa shape index (κ2) is 31.2. The minimum absolute atomic E-state index is 0.0112. The number of nitrogens with zero attached hydrogens (tertiary/aromatic N) is 2. The van der Waals surface area contributed by atoms with Gasteiger partial charge in [0.25, 0.3) is 0 Å². The molecule has 0 saturated heterocycles. The van der Waals surface area contributed by atoms with Gasteiger partial charge in [-0.05, 0) is 127 Å². The Labute approximate surface area is 447 Å². The van der Waals surface area contributed by atoms with Gasteiger partial charge in [-0.15, -0.1) is 0 Å². The Morgan fingerprint density at radius 3 is 1.05 bits per heavy atom. The third-order valence-corrected chi connectivity index (χ3v) is 12.9. The number of esters is 2. The fourth-order valence-corrected chi connectivity index (χ4v) is 9.00. The van der Waals surface area contributed by atoms with Crippen molar-refractivity contribution in [3.05, 3.63) is 94.0 Å². The SMILES string of the molecule is COc1ccc(C[C@@H]2c3cc(OC)c(OC)cc3CCN2CCC(=O)OCCCCCOC(=O)CCN2CCc3cc(OC)c(OC)cc3[C@H]2Cc2ccc(OC)c(OC)c2)cc1OC.O=C(O)C(=O)O.O=C(O)C(=O)O. The van der Waals surface area contributed by atoms with E-state index in [1.54, 1.807) is 56.9 Å². The van der Waals surface area contributed by atoms with Crippen molar-refractivity contribution in [1.82, 2.24) is 9.80 Å². The number of carboxylic acid groups (broad SMARTS) is 4. The molecule has 4 N–H and O–H groups in total. The zero-order valence-electron chi connectivity index (χ0n) is 44.8. The van der Waals surface area contributed by atoms with E-state index in [0.717, 1.165) is 54.6 Å². The predicted molar refractivity (Wildman–Crippen MR) is 277 cm³/mol. The van der Waals surface area contributed by atoms with Crippen LogP contribution >= 0.6 is 0 Å².